The highest BCUT2D eigenvalue weighted by molar-refractivity contribution is 7.22. The molecule has 1 aromatic heterocycles. The zero-order valence-corrected chi connectivity index (χ0v) is 17.4. The van der Waals surface area contributed by atoms with Crippen LogP contribution in [-0.4, -0.2) is 48.9 Å². The Morgan fingerprint density at radius 3 is 2.59 bits per heavy atom. The van der Waals surface area contributed by atoms with Gasteiger partial charge in [0, 0.05) is 44.4 Å². The summed E-state index contributed by atoms with van der Waals surface area (Å²) in [5.41, 5.74) is 2.26. The van der Waals surface area contributed by atoms with Crippen molar-refractivity contribution in [2.75, 3.05) is 37.4 Å². The third kappa shape index (κ3) is 4.24. The summed E-state index contributed by atoms with van der Waals surface area (Å²) >= 11 is 1.70. The van der Waals surface area contributed by atoms with E-state index in [1.807, 2.05) is 24.3 Å². The van der Waals surface area contributed by atoms with Gasteiger partial charge in [-0.25, -0.2) is 4.98 Å². The predicted molar refractivity (Wildman–Crippen MR) is 118 cm³/mol. The van der Waals surface area contributed by atoms with E-state index in [1.54, 1.807) is 43.6 Å². The van der Waals surface area contributed by atoms with Crippen LogP contribution >= 0.6 is 11.3 Å². The van der Waals surface area contributed by atoms with Gasteiger partial charge in [0.2, 0.25) is 5.91 Å². The Bertz CT molecular complexity index is 1000. The number of rotatable bonds is 4. The fourth-order valence-corrected chi connectivity index (χ4v) is 4.58. The van der Waals surface area contributed by atoms with Gasteiger partial charge in [-0.05, 0) is 43.2 Å². The maximum atomic E-state index is 12.7. The second-order valence-corrected chi connectivity index (χ2v) is 8.50. The standard InChI is InChI=1S/C22H24N4O2S/c1-25(2)21(28)16-6-5-7-17(14-16)23-20(27)15-10-12-26(13-11-15)22-24-18-8-3-4-9-19(18)29-22/h3-9,14-15H,10-13H2,1-2H3,(H,23,27). The number of para-hydroxylation sites is 1. The Hall–Kier alpha value is -2.93. The van der Waals surface area contributed by atoms with E-state index in [0.717, 1.165) is 36.6 Å². The number of benzene rings is 2. The van der Waals surface area contributed by atoms with Crippen molar-refractivity contribution in [2.24, 2.45) is 5.92 Å². The molecule has 6 nitrogen and oxygen atoms in total. The molecule has 1 aliphatic heterocycles. The molecule has 4 rings (SSSR count). The van der Waals surface area contributed by atoms with Crippen molar-refractivity contribution in [3.8, 4) is 0 Å². The molecule has 7 heteroatoms. The molecule has 0 spiro atoms. The first kappa shape index (κ1) is 19.4. The van der Waals surface area contributed by atoms with Crippen LogP contribution < -0.4 is 10.2 Å². The number of piperidine rings is 1. The largest absolute Gasteiger partial charge is 0.348 e. The highest BCUT2D eigenvalue weighted by Gasteiger charge is 2.26. The van der Waals surface area contributed by atoms with Crippen LogP contribution in [0, 0.1) is 5.92 Å². The Morgan fingerprint density at radius 1 is 1.10 bits per heavy atom. The third-order valence-electron chi connectivity index (χ3n) is 5.20. The summed E-state index contributed by atoms with van der Waals surface area (Å²) in [6.07, 6.45) is 1.58. The van der Waals surface area contributed by atoms with Gasteiger partial charge in [0.25, 0.3) is 5.91 Å². The Balaban J connectivity index is 1.37. The molecule has 1 N–H and O–H groups in total. The zero-order valence-electron chi connectivity index (χ0n) is 16.6. The number of carbonyl (C=O) groups excluding carboxylic acids is 2. The first-order valence-corrected chi connectivity index (χ1v) is 10.6. The lowest BCUT2D eigenvalue weighted by Crippen LogP contribution is -2.38. The fraction of sp³-hybridized carbons (Fsp3) is 0.318. The summed E-state index contributed by atoms with van der Waals surface area (Å²) < 4.78 is 1.19. The van der Waals surface area contributed by atoms with Crippen LogP contribution in [0.5, 0.6) is 0 Å². The molecule has 3 aromatic rings. The average molecular weight is 409 g/mol. The van der Waals surface area contributed by atoms with Crippen LogP contribution in [-0.2, 0) is 4.79 Å². The first-order valence-electron chi connectivity index (χ1n) is 9.74. The lowest BCUT2D eigenvalue weighted by atomic mass is 9.96. The number of nitrogens with zero attached hydrogens (tertiary/aromatic N) is 3. The van der Waals surface area contributed by atoms with Crippen LogP contribution in [0.2, 0.25) is 0 Å². The number of hydrogen-bond acceptors (Lipinski definition) is 5. The molecule has 1 aliphatic rings. The van der Waals surface area contributed by atoms with E-state index in [2.05, 4.69) is 16.3 Å². The number of amides is 2. The van der Waals surface area contributed by atoms with Crippen LogP contribution in [0.1, 0.15) is 23.2 Å². The van der Waals surface area contributed by atoms with Crippen molar-refractivity contribution < 1.29 is 9.59 Å². The van der Waals surface area contributed by atoms with Crippen molar-refractivity contribution in [2.45, 2.75) is 12.8 Å². The number of aromatic nitrogens is 1. The van der Waals surface area contributed by atoms with Gasteiger partial charge in [-0.15, -0.1) is 0 Å². The summed E-state index contributed by atoms with van der Waals surface area (Å²) in [6.45, 7) is 1.63. The predicted octanol–water partition coefficient (Wildman–Crippen LogP) is 3.85. The van der Waals surface area contributed by atoms with E-state index >= 15 is 0 Å². The molecule has 150 valence electrons. The topological polar surface area (TPSA) is 65.5 Å². The van der Waals surface area contributed by atoms with Crippen molar-refractivity contribution >= 4 is 44.2 Å². The van der Waals surface area contributed by atoms with Gasteiger partial charge in [0.1, 0.15) is 0 Å². The van der Waals surface area contributed by atoms with Crippen LogP contribution in [0.25, 0.3) is 10.2 Å². The maximum Gasteiger partial charge on any atom is 0.253 e. The molecule has 1 fully saturated rings. The number of fused-ring (bicyclic) bond motifs is 1. The molecule has 0 aliphatic carbocycles. The summed E-state index contributed by atoms with van der Waals surface area (Å²) in [4.78, 5) is 33.4. The van der Waals surface area contributed by atoms with Gasteiger partial charge in [0.05, 0.1) is 10.2 Å². The highest BCUT2D eigenvalue weighted by atomic mass is 32.1. The lowest BCUT2D eigenvalue weighted by molar-refractivity contribution is -0.120. The Kier molecular flexibility index (Phi) is 5.49. The van der Waals surface area contributed by atoms with Gasteiger partial charge in [0.15, 0.2) is 5.13 Å². The van der Waals surface area contributed by atoms with Crippen molar-refractivity contribution in [1.82, 2.24) is 9.88 Å². The van der Waals surface area contributed by atoms with Crippen LogP contribution in [0.3, 0.4) is 0 Å². The normalized spacial score (nSPS) is 14.8. The Labute approximate surface area is 174 Å². The van der Waals surface area contributed by atoms with E-state index < -0.39 is 0 Å². The highest BCUT2D eigenvalue weighted by Crippen LogP contribution is 2.31. The lowest BCUT2D eigenvalue weighted by Gasteiger charge is -2.31. The first-order chi connectivity index (χ1) is 14.0. The van der Waals surface area contributed by atoms with Gasteiger partial charge in [-0.3, -0.25) is 9.59 Å². The summed E-state index contributed by atoms with van der Waals surface area (Å²) in [5.74, 6) is -0.0949. The number of hydrogen-bond donors (Lipinski definition) is 1. The fourth-order valence-electron chi connectivity index (χ4n) is 3.56. The quantitative estimate of drug-likeness (QED) is 0.712. The molecule has 2 amide bonds. The molecular weight excluding hydrogens is 384 g/mol. The van der Waals surface area contributed by atoms with Crippen molar-refractivity contribution in [1.29, 1.82) is 0 Å². The van der Waals surface area contributed by atoms with Gasteiger partial charge < -0.3 is 15.1 Å². The van der Waals surface area contributed by atoms with E-state index in [0.29, 0.717) is 11.3 Å². The molecule has 0 unspecified atom stereocenters. The molecule has 0 saturated carbocycles. The average Bonchev–Trinajstić information content (AvgIpc) is 3.17. The smallest absolute Gasteiger partial charge is 0.253 e. The minimum Gasteiger partial charge on any atom is -0.348 e. The monoisotopic (exact) mass is 408 g/mol. The molecule has 0 radical (unpaired) electrons. The maximum absolute atomic E-state index is 12.7. The van der Waals surface area contributed by atoms with Gasteiger partial charge >= 0.3 is 0 Å². The van der Waals surface area contributed by atoms with Gasteiger partial charge in [-0.1, -0.05) is 29.5 Å². The molecule has 29 heavy (non-hydrogen) atoms. The number of thiazole rings is 1. The van der Waals surface area contributed by atoms with E-state index in [4.69, 9.17) is 4.98 Å². The zero-order chi connectivity index (χ0) is 20.4. The molecular formula is C22H24N4O2S. The summed E-state index contributed by atoms with van der Waals surface area (Å²) in [7, 11) is 3.43. The van der Waals surface area contributed by atoms with Crippen molar-refractivity contribution in [3.63, 3.8) is 0 Å². The molecule has 0 bridgehead atoms. The molecule has 2 heterocycles. The number of nitrogens with one attached hydrogen (secondary N) is 1. The van der Waals surface area contributed by atoms with Crippen LogP contribution in [0.4, 0.5) is 10.8 Å². The second kappa shape index (κ2) is 8.21. The van der Waals surface area contributed by atoms with E-state index in [1.165, 1.54) is 9.60 Å². The second-order valence-electron chi connectivity index (χ2n) is 7.50. The SMILES string of the molecule is CN(C)C(=O)c1cccc(NC(=O)C2CCN(c3nc4ccccc4s3)CC2)c1. The van der Waals surface area contributed by atoms with E-state index in [9.17, 15) is 9.59 Å². The molecule has 0 atom stereocenters. The Morgan fingerprint density at radius 2 is 1.86 bits per heavy atom. The van der Waals surface area contributed by atoms with Gasteiger partial charge in [-0.2, -0.15) is 0 Å². The van der Waals surface area contributed by atoms with E-state index in [-0.39, 0.29) is 17.7 Å². The molecule has 1 saturated heterocycles. The number of carbonyl (C=O) groups is 2. The number of anilines is 2. The summed E-state index contributed by atoms with van der Waals surface area (Å²) in [5, 5.41) is 4.01. The molecule has 2 aromatic carbocycles. The van der Waals surface area contributed by atoms with Crippen LogP contribution in [0.15, 0.2) is 48.5 Å². The third-order valence-corrected chi connectivity index (χ3v) is 6.30. The summed E-state index contributed by atoms with van der Waals surface area (Å²) in [6, 6.07) is 15.3. The minimum absolute atomic E-state index is 0.0170. The van der Waals surface area contributed by atoms with Crippen molar-refractivity contribution in [3.05, 3.63) is 54.1 Å². The minimum atomic E-state index is -0.0785.